The highest BCUT2D eigenvalue weighted by Crippen LogP contribution is 2.46. The molecular formula is C19H20F3N5OS2. The topological polar surface area (TPSA) is 99.4 Å². The van der Waals surface area contributed by atoms with E-state index in [-0.39, 0.29) is 27.4 Å². The number of halogens is 3. The fourth-order valence-electron chi connectivity index (χ4n) is 2.82. The number of pyridine rings is 2. The summed E-state index contributed by atoms with van der Waals surface area (Å²) >= 11 is 2.56. The molecule has 160 valence electrons. The summed E-state index contributed by atoms with van der Waals surface area (Å²) in [6.45, 7) is 0.571. The number of thiophene rings is 1. The lowest BCUT2D eigenvalue weighted by atomic mass is 10.1. The Labute approximate surface area is 179 Å². The Morgan fingerprint density at radius 2 is 2.07 bits per heavy atom. The monoisotopic (exact) mass is 455 g/mol. The summed E-state index contributed by atoms with van der Waals surface area (Å²) in [7, 11) is 3.17. The van der Waals surface area contributed by atoms with E-state index in [2.05, 4.69) is 15.0 Å². The molecule has 4 N–H and O–H groups in total. The van der Waals surface area contributed by atoms with Crippen LogP contribution < -0.4 is 11.5 Å². The van der Waals surface area contributed by atoms with Crippen LogP contribution in [0.5, 0.6) is 0 Å². The summed E-state index contributed by atoms with van der Waals surface area (Å²) in [6, 6.07) is 2.62. The molecule has 0 fully saturated rings. The van der Waals surface area contributed by atoms with Gasteiger partial charge in [0.15, 0.2) is 0 Å². The number of anilines is 2. The van der Waals surface area contributed by atoms with Crippen molar-refractivity contribution in [1.82, 2.24) is 9.97 Å². The Bertz CT molecular complexity index is 1080. The smallest absolute Gasteiger partial charge is 0.397 e. The predicted octanol–water partition coefficient (Wildman–Crippen LogP) is 4.72. The number of aromatic nitrogens is 2. The first-order valence-electron chi connectivity index (χ1n) is 8.86. The first-order chi connectivity index (χ1) is 14.3. The average Bonchev–Trinajstić information content (AvgIpc) is 3.01. The highest BCUT2D eigenvalue weighted by atomic mass is 32.2. The lowest BCUT2D eigenvalue weighted by molar-refractivity contribution is -0.136. The second-order valence-corrected chi connectivity index (χ2v) is 8.68. The van der Waals surface area contributed by atoms with Crippen LogP contribution in [-0.4, -0.2) is 42.7 Å². The molecule has 3 rings (SSSR count). The van der Waals surface area contributed by atoms with Crippen molar-refractivity contribution in [2.45, 2.75) is 16.8 Å². The van der Waals surface area contributed by atoms with Crippen molar-refractivity contribution in [2.75, 3.05) is 38.0 Å². The normalized spacial score (nSPS) is 12.3. The number of methoxy groups -OCH3 is 1. The number of thioether (sulfide) groups is 1. The van der Waals surface area contributed by atoms with Gasteiger partial charge in [0.25, 0.3) is 0 Å². The van der Waals surface area contributed by atoms with Crippen LogP contribution in [0.4, 0.5) is 24.7 Å². The highest BCUT2D eigenvalue weighted by Gasteiger charge is 2.35. The summed E-state index contributed by atoms with van der Waals surface area (Å²) in [5.41, 5.74) is 12.3. The van der Waals surface area contributed by atoms with Crippen LogP contribution >= 0.6 is 23.1 Å². The van der Waals surface area contributed by atoms with Gasteiger partial charge in [0.1, 0.15) is 10.6 Å². The van der Waals surface area contributed by atoms with Crippen LogP contribution in [0, 0.1) is 0 Å². The largest absolute Gasteiger partial charge is 0.417 e. The van der Waals surface area contributed by atoms with Crippen LogP contribution in [0.2, 0.25) is 0 Å². The molecule has 0 saturated heterocycles. The van der Waals surface area contributed by atoms with E-state index in [1.807, 2.05) is 0 Å². The molecule has 30 heavy (non-hydrogen) atoms. The summed E-state index contributed by atoms with van der Waals surface area (Å²) < 4.78 is 47.2. The lowest BCUT2D eigenvalue weighted by Gasteiger charge is -2.12. The molecule has 0 bridgehead atoms. The fraction of sp³-hybridized carbons (Fsp3) is 0.316. The van der Waals surface area contributed by atoms with Gasteiger partial charge in [-0.2, -0.15) is 13.2 Å². The van der Waals surface area contributed by atoms with Gasteiger partial charge in [-0.05, 0) is 18.6 Å². The van der Waals surface area contributed by atoms with Crippen molar-refractivity contribution in [3.05, 3.63) is 29.5 Å². The highest BCUT2D eigenvalue weighted by molar-refractivity contribution is 8.01. The maximum atomic E-state index is 13.9. The van der Waals surface area contributed by atoms with Gasteiger partial charge >= 0.3 is 6.18 Å². The summed E-state index contributed by atoms with van der Waals surface area (Å²) in [5.74, 6) is 0.914. The molecule has 0 aliphatic heterocycles. The second-order valence-electron chi connectivity index (χ2n) is 6.32. The standard InChI is InChI=1S/C19H20F3N5OS2/c1-25-8-11-6-10(9-26-16(11)24)13-7-12(19(20,21)22)14-15(23)18(30-17(14)27-13)29-5-3-4-28-2/h6-9H,3-5,23H2,1-2H3,(H2,24,26). The van der Waals surface area contributed by atoms with E-state index in [4.69, 9.17) is 16.2 Å². The Morgan fingerprint density at radius 3 is 2.73 bits per heavy atom. The van der Waals surface area contributed by atoms with Crippen molar-refractivity contribution >= 4 is 51.0 Å². The third-order valence-corrected chi connectivity index (χ3v) is 6.68. The van der Waals surface area contributed by atoms with Gasteiger partial charge < -0.3 is 16.2 Å². The molecule has 0 aliphatic rings. The van der Waals surface area contributed by atoms with E-state index in [9.17, 15) is 13.2 Å². The number of nitrogens with two attached hydrogens (primary N) is 2. The molecule has 0 saturated carbocycles. The van der Waals surface area contributed by atoms with Crippen LogP contribution in [0.3, 0.4) is 0 Å². The number of rotatable bonds is 7. The van der Waals surface area contributed by atoms with Gasteiger partial charge in [0.2, 0.25) is 0 Å². The van der Waals surface area contributed by atoms with Crippen LogP contribution in [0.25, 0.3) is 21.5 Å². The van der Waals surface area contributed by atoms with Gasteiger partial charge in [-0.3, -0.25) is 4.99 Å². The first-order valence-corrected chi connectivity index (χ1v) is 10.7. The Kier molecular flexibility index (Phi) is 6.84. The Hall–Kier alpha value is -2.37. The van der Waals surface area contributed by atoms with Crippen LogP contribution in [0.15, 0.2) is 27.5 Å². The minimum absolute atomic E-state index is 0.0655. The zero-order valence-electron chi connectivity index (χ0n) is 16.3. The van der Waals surface area contributed by atoms with Gasteiger partial charge in [0, 0.05) is 55.4 Å². The first kappa shape index (κ1) is 22.3. The Balaban J connectivity index is 2.13. The second kappa shape index (κ2) is 9.19. The van der Waals surface area contributed by atoms with E-state index >= 15 is 0 Å². The molecule has 3 heterocycles. The van der Waals surface area contributed by atoms with Gasteiger partial charge in [-0.1, -0.05) is 0 Å². The SMILES string of the molecule is CN=Cc1cc(-c2cc(C(F)(F)F)c3c(N)c(SCCCOC)sc3n2)cnc1N. The Morgan fingerprint density at radius 1 is 1.30 bits per heavy atom. The third kappa shape index (κ3) is 4.68. The molecule has 0 aromatic carbocycles. The van der Waals surface area contributed by atoms with Gasteiger partial charge in [-0.15, -0.1) is 23.1 Å². The van der Waals surface area contributed by atoms with Crippen molar-refractivity contribution in [3.63, 3.8) is 0 Å². The molecule has 3 aromatic rings. The average molecular weight is 456 g/mol. The summed E-state index contributed by atoms with van der Waals surface area (Å²) in [5, 5.41) is -0.0655. The number of aliphatic imine (C=N–C) groups is 1. The molecule has 0 atom stereocenters. The maximum Gasteiger partial charge on any atom is 0.417 e. The molecular weight excluding hydrogens is 435 g/mol. The third-order valence-electron chi connectivity index (χ3n) is 4.21. The van der Waals surface area contributed by atoms with Gasteiger partial charge in [0.05, 0.1) is 21.2 Å². The number of nitrogen functional groups attached to an aromatic ring is 2. The number of alkyl halides is 3. The van der Waals surface area contributed by atoms with E-state index in [1.165, 1.54) is 24.2 Å². The molecule has 11 heteroatoms. The maximum absolute atomic E-state index is 13.9. The van der Waals surface area contributed by atoms with Crippen LogP contribution in [-0.2, 0) is 10.9 Å². The number of ether oxygens (including phenoxy) is 1. The fourth-order valence-corrected chi connectivity index (χ4v) is 5.10. The van der Waals surface area contributed by atoms with Crippen molar-refractivity contribution < 1.29 is 17.9 Å². The molecule has 0 aliphatic carbocycles. The van der Waals surface area contributed by atoms with Crippen LogP contribution in [0.1, 0.15) is 17.5 Å². The molecule has 0 spiro atoms. The van der Waals surface area contributed by atoms with Crippen molar-refractivity contribution in [2.24, 2.45) is 4.99 Å². The summed E-state index contributed by atoms with van der Waals surface area (Å²) in [6.07, 6.45) is -0.933. The minimum atomic E-state index is -4.59. The minimum Gasteiger partial charge on any atom is -0.397 e. The number of hydrogen-bond donors (Lipinski definition) is 2. The number of hydrogen-bond acceptors (Lipinski definition) is 8. The number of fused-ring (bicyclic) bond motifs is 1. The quantitative estimate of drug-likeness (QED) is 0.304. The summed E-state index contributed by atoms with van der Waals surface area (Å²) in [4.78, 5) is 12.6. The molecule has 3 aromatic heterocycles. The van der Waals surface area contributed by atoms with E-state index in [0.717, 1.165) is 23.8 Å². The van der Waals surface area contributed by atoms with E-state index in [0.29, 0.717) is 27.7 Å². The number of nitrogens with zero attached hydrogens (tertiary/aromatic N) is 3. The molecule has 0 amide bonds. The molecule has 0 radical (unpaired) electrons. The van der Waals surface area contributed by atoms with Gasteiger partial charge in [-0.25, -0.2) is 9.97 Å². The molecule has 6 nitrogen and oxygen atoms in total. The zero-order valence-corrected chi connectivity index (χ0v) is 17.9. The lowest BCUT2D eigenvalue weighted by Crippen LogP contribution is -2.07. The van der Waals surface area contributed by atoms with Crippen molar-refractivity contribution in [3.8, 4) is 11.3 Å². The predicted molar refractivity (Wildman–Crippen MR) is 117 cm³/mol. The van der Waals surface area contributed by atoms with Crippen molar-refractivity contribution in [1.29, 1.82) is 0 Å². The van der Waals surface area contributed by atoms with E-state index < -0.39 is 11.7 Å². The molecule has 0 unspecified atom stereocenters. The van der Waals surface area contributed by atoms with E-state index in [1.54, 1.807) is 20.2 Å². The zero-order chi connectivity index (χ0) is 21.9.